The molecule has 2 unspecified atom stereocenters. The molecule has 1 aromatic rings. The number of aromatic nitrogens is 2. The smallest absolute Gasteiger partial charge is 0.389 e. The maximum Gasteiger partial charge on any atom is 0.389 e. The molecule has 21 heavy (non-hydrogen) atoms. The molecule has 2 atom stereocenters. The molecule has 1 fully saturated rings. The third-order valence-corrected chi connectivity index (χ3v) is 3.18. The molecule has 0 bridgehead atoms. The Balaban J connectivity index is 2.07. The van der Waals surface area contributed by atoms with E-state index in [0.717, 1.165) is 4.68 Å². The minimum atomic E-state index is -0.844. The molecule has 0 aliphatic carbocycles. The lowest BCUT2D eigenvalue weighted by atomic mass is 10.2. The summed E-state index contributed by atoms with van der Waals surface area (Å²) < 4.78 is 5.70. The number of hydrogen-bond donors (Lipinski definition) is 1. The van der Waals surface area contributed by atoms with Crippen LogP contribution in [0.4, 0.5) is 5.82 Å². The third-order valence-electron chi connectivity index (χ3n) is 3.18. The molecule has 1 aliphatic rings. The van der Waals surface area contributed by atoms with E-state index in [-0.39, 0.29) is 25.3 Å². The molecule has 1 saturated heterocycles. The van der Waals surface area contributed by atoms with Crippen LogP contribution in [0.1, 0.15) is 6.42 Å². The molecule has 10 nitrogen and oxygen atoms in total. The minimum Gasteiger partial charge on any atom is -0.467 e. The summed E-state index contributed by atoms with van der Waals surface area (Å²) in [5.74, 6) is -1.44. The van der Waals surface area contributed by atoms with E-state index in [2.05, 4.69) is 9.84 Å². The highest BCUT2D eigenvalue weighted by Crippen LogP contribution is 2.19. The molecular weight excluding hydrogens is 284 g/mol. The lowest BCUT2D eigenvalue weighted by Gasteiger charge is -2.21. The zero-order valence-electron chi connectivity index (χ0n) is 11.2. The maximum atomic E-state index is 12.1. The van der Waals surface area contributed by atoms with Crippen molar-refractivity contribution in [1.82, 2.24) is 14.7 Å². The fourth-order valence-corrected chi connectivity index (χ4v) is 2.21. The lowest BCUT2D eigenvalue weighted by Crippen LogP contribution is -2.42. The molecule has 1 aliphatic heterocycles. The fourth-order valence-electron chi connectivity index (χ4n) is 2.21. The monoisotopic (exact) mass is 298 g/mol. The second kappa shape index (κ2) is 5.87. The Morgan fingerprint density at radius 1 is 1.62 bits per heavy atom. The van der Waals surface area contributed by atoms with Crippen molar-refractivity contribution in [2.45, 2.75) is 25.1 Å². The predicted octanol–water partition coefficient (Wildman–Crippen LogP) is -1.07. The van der Waals surface area contributed by atoms with E-state index in [1.54, 1.807) is 0 Å². The summed E-state index contributed by atoms with van der Waals surface area (Å²) in [4.78, 5) is 34.8. The van der Waals surface area contributed by atoms with E-state index in [9.17, 15) is 24.8 Å². The van der Waals surface area contributed by atoms with Crippen molar-refractivity contribution in [3.05, 3.63) is 22.4 Å². The number of nitrogens with zero attached hydrogens (tertiary/aromatic N) is 4. The zero-order valence-corrected chi connectivity index (χ0v) is 11.2. The zero-order chi connectivity index (χ0) is 15.6. The minimum absolute atomic E-state index is 0.0158. The summed E-state index contributed by atoms with van der Waals surface area (Å²) in [6.45, 7) is -0.240. The number of ether oxygens (including phenoxy) is 1. The number of amides is 1. The average molecular weight is 298 g/mol. The number of likely N-dealkylation sites (tertiary alicyclic amines) is 1. The molecule has 114 valence electrons. The number of esters is 1. The Hall–Kier alpha value is -2.49. The summed E-state index contributed by atoms with van der Waals surface area (Å²) >= 11 is 0. The van der Waals surface area contributed by atoms with Crippen LogP contribution in [0, 0.1) is 10.1 Å². The second-order valence-corrected chi connectivity index (χ2v) is 4.60. The standard InChI is InChI=1S/C11H14N4O6/c1-21-11(18)8-4-7(16)5-14(8)10(17)6-13-3-2-9(12-13)15(19)20/h2-3,7-8,16H,4-6H2,1H3. The van der Waals surface area contributed by atoms with Crippen molar-refractivity contribution in [1.29, 1.82) is 0 Å². The van der Waals surface area contributed by atoms with Gasteiger partial charge < -0.3 is 24.9 Å². The van der Waals surface area contributed by atoms with Crippen LogP contribution in [0.25, 0.3) is 0 Å². The first-order chi connectivity index (χ1) is 9.92. The molecular formula is C11H14N4O6. The van der Waals surface area contributed by atoms with Gasteiger partial charge in [0.25, 0.3) is 0 Å². The van der Waals surface area contributed by atoms with Crippen molar-refractivity contribution in [2.75, 3.05) is 13.7 Å². The molecule has 1 amide bonds. The van der Waals surface area contributed by atoms with Gasteiger partial charge in [0.15, 0.2) is 0 Å². The van der Waals surface area contributed by atoms with Crippen LogP contribution in [0.15, 0.2) is 12.3 Å². The van der Waals surface area contributed by atoms with Crippen molar-refractivity contribution in [3.8, 4) is 0 Å². The number of rotatable bonds is 4. The van der Waals surface area contributed by atoms with Gasteiger partial charge in [-0.3, -0.25) is 4.79 Å². The van der Waals surface area contributed by atoms with Crippen LogP contribution in [0.2, 0.25) is 0 Å². The molecule has 1 N–H and O–H groups in total. The number of hydrogen-bond acceptors (Lipinski definition) is 7. The average Bonchev–Trinajstić information content (AvgIpc) is 3.04. The first-order valence-electron chi connectivity index (χ1n) is 6.15. The molecule has 0 spiro atoms. The van der Waals surface area contributed by atoms with Gasteiger partial charge in [-0.05, 0) is 4.92 Å². The van der Waals surface area contributed by atoms with E-state index in [4.69, 9.17) is 0 Å². The highest BCUT2D eigenvalue weighted by Gasteiger charge is 2.39. The fraction of sp³-hybridized carbons (Fsp3) is 0.545. The molecule has 10 heteroatoms. The topological polar surface area (TPSA) is 128 Å². The molecule has 0 aromatic carbocycles. The van der Waals surface area contributed by atoms with E-state index in [1.807, 2.05) is 0 Å². The third kappa shape index (κ3) is 3.16. The first kappa shape index (κ1) is 14.9. The molecule has 2 heterocycles. The van der Waals surface area contributed by atoms with Gasteiger partial charge in [-0.25, -0.2) is 4.79 Å². The maximum absolute atomic E-state index is 12.1. The largest absolute Gasteiger partial charge is 0.467 e. The van der Waals surface area contributed by atoms with Crippen LogP contribution in [-0.2, 0) is 20.9 Å². The van der Waals surface area contributed by atoms with Crippen LogP contribution in [0.3, 0.4) is 0 Å². The Kier molecular flexibility index (Phi) is 4.17. The molecule has 0 radical (unpaired) electrons. The summed E-state index contributed by atoms with van der Waals surface area (Å²) in [7, 11) is 1.20. The second-order valence-electron chi connectivity index (χ2n) is 4.60. The molecule has 2 rings (SSSR count). The number of carbonyl (C=O) groups is 2. The van der Waals surface area contributed by atoms with E-state index in [0.29, 0.717) is 0 Å². The number of methoxy groups -OCH3 is 1. The highest BCUT2D eigenvalue weighted by molar-refractivity contribution is 5.85. The van der Waals surface area contributed by atoms with E-state index in [1.165, 1.54) is 24.3 Å². The van der Waals surface area contributed by atoms with Gasteiger partial charge >= 0.3 is 11.8 Å². The van der Waals surface area contributed by atoms with Crippen molar-refractivity contribution >= 4 is 17.7 Å². The predicted molar refractivity (Wildman–Crippen MR) is 67.0 cm³/mol. The Morgan fingerprint density at radius 2 is 2.33 bits per heavy atom. The summed E-state index contributed by atoms with van der Waals surface area (Å²) in [5.41, 5.74) is 0. The summed E-state index contributed by atoms with van der Waals surface area (Å²) in [6.07, 6.45) is 0.609. The lowest BCUT2D eigenvalue weighted by molar-refractivity contribution is -0.389. The molecule has 0 saturated carbocycles. The first-order valence-corrected chi connectivity index (χ1v) is 6.15. The van der Waals surface area contributed by atoms with E-state index >= 15 is 0 Å². The van der Waals surface area contributed by atoms with Crippen molar-refractivity contribution < 1.29 is 24.4 Å². The Morgan fingerprint density at radius 3 is 2.90 bits per heavy atom. The van der Waals surface area contributed by atoms with Gasteiger partial charge in [0, 0.05) is 13.0 Å². The van der Waals surface area contributed by atoms with Gasteiger partial charge in [-0.2, -0.15) is 4.68 Å². The van der Waals surface area contributed by atoms with Crippen LogP contribution in [0.5, 0.6) is 0 Å². The summed E-state index contributed by atoms with van der Waals surface area (Å²) in [6, 6.07) is 0.326. The van der Waals surface area contributed by atoms with Gasteiger partial charge in [-0.15, -0.1) is 0 Å². The number of carbonyl (C=O) groups excluding carboxylic acids is 2. The summed E-state index contributed by atoms with van der Waals surface area (Å²) in [5, 5.41) is 23.7. The Labute approximate surface area is 119 Å². The SMILES string of the molecule is COC(=O)C1CC(O)CN1C(=O)Cn1ccc([N+](=O)[O-])n1. The van der Waals surface area contributed by atoms with Crippen LogP contribution < -0.4 is 0 Å². The quantitative estimate of drug-likeness (QED) is 0.425. The number of β-amino-alcohol motifs (C(OH)–C–C–N with tert-alkyl or cyclic N) is 1. The Bertz CT molecular complexity index is 571. The van der Waals surface area contributed by atoms with Crippen molar-refractivity contribution in [3.63, 3.8) is 0 Å². The van der Waals surface area contributed by atoms with Gasteiger partial charge in [0.1, 0.15) is 12.6 Å². The molecule has 1 aromatic heterocycles. The number of nitro groups is 1. The van der Waals surface area contributed by atoms with E-state index < -0.39 is 28.9 Å². The normalized spacial score (nSPS) is 21.3. The van der Waals surface area contributed by atoms with Gasteiger partial charge in [0.2, 0.25) is 5.91 Å². The highest BCUT2D eigenvalue weighted by atomic mass is 16.6. The van der Waals surface area contributed by atoms with Crippen LogP contribution >= 0.6 is 0 Å². The van der Waals surface area contributed by atoms with Crippen LogP contribution in [-0.4, -0.2) is 62.4 Å². The van der Waals surface area contributed by atoms with Gasteiger partial charge in [-0.1, -0.05) is 0 Å². The number of aliphatic hydroxyl groups excluding tert-OH is 1. The number of aliphatic hydroxyl groups is 1. The van der Waals surface area contributed by atoms with Gasteiger partial charge in [0.05, 0.1) is 30.6 Å². The van der Waals surface area contributed by atoms with Crippen molar-refractivity contribution in [2.24, 2.45) is 0 Å².